The zero-order valence-electron chi connectivity index (χ0n) is 35.4. The zero-order valence-corrected chi connectivity index (χ0v) is 36.2. The number of rotatable bonds is 11. The van der Waals surface area contributed by atoms with E-state index in [9.17, 15) is 28.8 Å². The highest BCUT2D eigenvalue weighted by molar-refractivity contribution is 6.31. The van der Waals surface area contributed by atoms with Gasteiger partial charge in [0.2, 0.25) is 17.7 Å². The number of benzene rings is 2. The second-order valence-electron chi connectivity index (χ2n) is 17.3. The molecule has 0 radical (unpaired) electrons. The average Bonchev–Trinajstić information content (AvgIpc) is 3.95. The molecule has 2 heterocycles. The summed E-state index contributed by atoms with van der Waals surface area (Å²) >= 11 is 6.36. The number of carbonyl (C=O) groups excluding carboxylic acids is 6. The Morgan fingerprint density at radius 1 is 0.983 bits per heavy atom. The molecule has 6 unspecified atom stereocenters. The number of nitrogens with one attached hydrogen (secondary N) is 4. The van der Waals surface area contributed by atoms with E-state index in [0.29, 0.717) is 5.02 Å². The first kappa shape index (κ1) is 46.7. The number of epoxide rings is 1. The summed E-state index contributed by atoms with van der Waals surface area (Å²) in [4.78, 5) is 78.3. The predicted octanol–water partition coefficient (Wildman–Crippen LogP) is 5.56. The van der Waals surface area contributed by atoms with Gasteiger partial charge in [0.05, 0.1) is 11.5 Å². The summed E-state index contributed by atoms with van der Waals surface area (Å²) in [7, 11) is 0. The summed E-state index contributed by atoms with van der Waals surface area (Å²) < 4.78 is 23.2. The van der Waals surface area contributed by atoms with Crippen molar-refractivity contribution in [1.29, 1.82) is 0 Å². The second-order valence-corrected chi connectivity index (χ2v) is 17.7. The third kappa shape index (κ3) is 14.7. The van der Waals surface area contributed by atoms with Gasteiger partial charge in [0.1, 0.15) is 30.4 Å². The molecule has 1 fully saturated rings. The molecule has 2 aliphatic rings. The largest absolute Gasteiger partial charge is 0.459 e. The summed E-state index contributed by atoms with van der Waals surface area (Å²) in [6.07, 6.45) is 0.0846. The van der Waals surface area contributed by atoms with Gasteiger partial charge in [-0.15, -0.1) is 0 Å². The summed E-state index contributed by atoms with van der Waals surface area (Å²) in [5, 5.41) is 11.3. The van der Waals surface area contributed by atoms with Crippen LogP contribution in [0.2, 0.25) is 5.02 Å². The predicted molar refractivity (Wildman–Crippen MR) is 221 cm³/mol. The molecular weight excluding hydrogens is 780 g/mol. The van der Waals surface area contributed by atoms with Gasteiger partial charge in [-0.2, -0.15) is 0 Å². The number of ether oxygens (including phenoxy) is 4. The number of carbonyl (C=O) groups is 6. The summed E-state index contributed by atoms with van der Waals surface area (Å²) in [5.41, 5.74) is 1.41. The Balaban J connectivity index is 1.48. The fourth-order valence-corrected chi connectivity index (χ4v) is 6.51. The molecule has 0 aromatic heterocycles. The fourth-order valence-electron chi connectivity index (χ4n) is 6.30. The van der Waals surface area contributed by atoms with Crippen LogP contribution in [-0.4, -0.2) is 78.8 Å². The Morgan fingerprint density at radius 2 is 1.66 bits per heavy atom. The molecule has 322 valence electrons. The fraction of sp³-hybridized carbons (Fsp3) is 0.545. The minimum absolute atomic E-state index is 0.0226. The number of halogens is 1. The number of hydrogen-bond donors (Lipinski definition) is 4. The lowest BCUT2D eigenvalue weighted by atomic mass is 9.92. The molecule has 4 amide bonds. The summed E-state index contributed by atoms with van der Waals surface area (Å²) in [5.74, 6) is -3.18. The van der Waals surface area contributed by atoms with E-state index in [1.807, 2.05) is 64.1 Å². The van der Waals surface area contributed by atoms with Crippen LogP contribution >= 0.6 is 11.6 Å². The van der Waals surface area contributed by atoms with Crippen LogP contribution in [0.4, 0.5) is 4.79 Å². The van der Waals surface area contributed by atoms with Crippen molar-refractivity contribution in [3.8, 4) is 0 Å². The van der Waals surface area contributed by atoms with E-state index in [-0.39, 0.29) is 68.8 Å². The zero-order chi connectivity index (χ0) is 43.7. The smallest absolute Gasteiger partial charge is 0.408 e. The van der Waals surface area contributed by atoms with Crippen LogP contribution in [0.5, 0.6) is 0 Å². The van der Waals surface area contributed by atoms with Gasteiger partial charge in [0, 0.05) is 36.9 Å². The van der Waals surface area contributed by atoms with Crippen LogP contribution in [0.15, 0.2) is 54.6 Å². The first-order valence-corrected chi connectivity index (χ1v) is 20.4. The molecule has 4 N–H and O–H groups in total. The molecule has 59 heavy (non-hydrogen) atoms. The maximum absolute atomic E-state index is 13.8. The van der Waals surface area contributed by atoms with Crippen LogP contribution in [0.1, 0.15) is 96.6 Å². The van der Waals surface area contributed by atoms with E-state index in [2.05, 4.69) is 21.3 Å². The van der Waals surface area contributed by atoms with Crippen molar-refractivity contribution in [2.45, 2.75) is 124 Å². The Bertz CT molecular complexity index is 1870. The molecule has 0 saturated carbocycles. The van der Waals surface area contributed by atoms with E-state index in [4.69, 9.17) is 30.5 Å². The van der Waals surface area contributed by atoms with Crippen molar-refractivity contribution in [2.24, 2.45) is 17.3 Å². The lowest BCUT2D eigenvalue weighted by molar-refractivity contribution is -0.179. The van der Waals surface area contributed by atoms with Crippen molar-refractivity contribution >= 4 is 47.4 Å². The molecule has 14 nitrogen and oxygen atoms in total. The number of cyclic esters (lactones) is 2. The number of amides is 4. The van der Waals surface area contributed by atoms with Crippen molar-refractivity contribution in [3.63, 3.8) is 0 Å². The van der Waals surface area contributed by atoms with E-state index >= 15 is 0 Å². The molecule has 2 aromatic carbocycles. The Labute approximate surface area is 351 Å². The Kier molecular flexibility index (Phi) is 16.1. The average molecular weight is 839 g/mol. The Hall–Kier alpha value is -4.95. The first-order chi connectivity index (χ1) is 27.6. The summed E-state index contributed by atoms with van der Waals surface area (Å²) in [6, 6.07) is 11.9. The van der Waals surface area contributed by atoms with Crippen LogP contribution < -0.4 is 21.3 Å². The van der Waals surface area contributed by atoms with Gasteiger partial charge in [-0.25, -0.2) is 9.59 Å². The molecule has 2 aliphatic heterocycles. The number of esters is 2. The van der Waals surface area contributed by atoms with Crippen molar-refractivity contribution < 1.29 is 47.7 Å². The van der Waals surface area contributed by atoms with Crippen LogP contribution in [0.25, 0.3) is 0 Å². The van der Waals surface area contributed by atoms with Crippen molar-refractivity contribution in [1.82, 2.24) is 21.3 Å². The SMILES string of the molecule is Cc1ccc(CC2NC(=O)/C=C/CC(C(C)C3OC3c3ccc(CNC(=O)CNC(=O)OC(C)(C)C)cc3)OC(=O)C(CC(C)C)OC(=O)C(C)(C)CNC2=O)cc1Cl. The number of hydrogen-bond acceptors (Lipinski definition) is 10. The molecule has 4 rings (SSSR count). The number of aryl methyl sites for hydroxylation is 1. The maximum atomic E-state index is 13.8. The van der Waals surface area contributed by atoms with Gasteiger partial charge in [-0.3, -0.25) is 19.2 Å². The highest BCUT2D eigenvalue weighted by Crippen LogP contribution is 2.45. The number of alkyl carbamates (subject to hydrolysis) is 1. The second kappa shape index (κ2) is 20.3. The molecule has 0 aliphatic carbocycles. The molecule has 6 atom stereocenters. The third-order valence-electron chi connectivity index (χ3n) is 9.89. The lowest BCUT2D eigenvalue weighted by Crippen LogP contribution is -2.51. The highest BCUT2D eigenvalue weighted by atomic mass is 35.5. The quantitative estimate of drug-likeness (QED) is 0.127. The topological polar surface area (TPSA) is 191 Å². The van der Waals surface area contributed by atoms with E-state index in [1.54, 1.807) is 46.8 Å². The normalized spacial score (nSPS) is 23.8. The Morgan fingerprint density at radius 3 is 2.31 bits per heavy atom. The van der Waals surface area contributed by atoms with Crippen molar-refractivity contribution in [3.05, 3.63) is 81.9 Å². The molecular formula is C44H59ClN4O10. The standard InChI is InChI=1S/C44H59ClN4O10/c1-25(2)19-34-40(53)56-33(27(4)37-38(58-37)30-17-15-28(16-18-30)22-46-36(51)23-47-42(55)59-43(5,6)7)11-10-12-35(50)49-32(21-29-14-13-26(3)31(45)20-29)39(52)48-24-44(8,9)41(54)57-34/h10,12-18,20,25,27,32-34,37-38H,11,19,21-24H2,1-9H3,(H,46,51)(H,47,55)(H,48,52)(H,49,50)/b12-10+. The third-order valence-corrected chi connectivity index (χ3v) is 10.3. The van der Waals surface area contributed by atoms with Gasteiger partial charge >= 0.3 is 18.0 Å². The van der Waals surface area contributed by atoms with E-state index in [0.717, 1.165) is 22.3 Å². The van der Waals surface area contributed by atoms with E-state index < -0.39 is 59.1 Å². The van der Waals surface area contributed by atoms with Gasteiger partial charge in [-0.1, -0.05) is 74.8 Å². The van der Waals surface area contributed by atoms with E-state index in [1.165, 1.54) is 6.08 Å². The van der Waals surface area contributed by atoms with Gasteiger partial charge < -0.3 is 40.2 Å². The minimum atomic E-state index is -1.23. The van der Waals surface area contributed by atoms with Crippen LogP contribution in [0, 0.1) is 24.2 Å². The highest BCUT2D eigenvalue weighted by Gasteiger charge is 2.48. The maximum Gasteiger partial charge on any atom is 0.408 e. The van der Waals surface area contributed by atoms with Gasteiger partial charge in [-0.05, 0) is 88.3 Å². The molecule has 2 aromatic rings. The van der Waals surface area contributed by atoms with Gasteiger partial charge in [0.15, 0.2) is 6.10 Å². The van der Waals surface area contributed by atoms with Gasteiger partial charge in [0.25, 0.3) is 0 Å². The molecule has 0 spiro atoms. The molecule has 1 saturated heterocycles. The summed E-state index contributed by atoms with van der Waals surface area (Å²) in [6.45, 7) is 15.9. The minimum Gasteiger partial charge on any atom is -0.459 e. The monoisotopic (exact) mass is 838 g/mol. The van der Waals surface area contributed by atoms with Crippen molar-refractivity contribution in [2.75, 3.05) is 13.1 Å². The molecule has 15 heteroatoms. The van der Waals surface area contributed by atoms with Crippen LogP contribution in [0.3, 0.4) is 0 Å². The molecule has 0 bridgehead atoms. The lowest BCUT2D eigenvalue weighted by Gasteiger charge is -2.29. The van der Waals surface area contributed by atoms with Crippen LogP contribution in [-0.2, 0) is 55.9 Å². The first-order valence-electron chi connectivity index (χ1n) is 20.0.